The van der Waals surface area contributed by atoms with Crippen LogP contribution in [0.5, 0.6) is 0 Å². The molecule has 0 fully saturated rings. The molecular weight excluding hydrogens is 326 g/mol. The molecule has 0 aromatic heterocycles. The summed E-state index contributed by atoms with van der Waals surface area (Å²) in [6.07, 6.45) is 0.530. The highest BCUT2D eigenvalue weighted by molar-refractivity contribution is 8.13. The summed E-state index contributed by atoms with van der Waals surface area (Å²) in [5.74, 6) is -3.65. The number of hydrogen-bond donors (Lipinski definition) is 0. The maximum absolute atomic E-state index is 13.6. The Balaban J connectivity index is 3.00. The standard InChI is InChI=1S/C13H15ClF2O4S/c1-13(2,3)4-5-20-12(17)8-6-11(21(14,18)19)10(16)7-9(8)15/h6-7H,4-5H2,1-3H3. The molecule has 0 spiro atoms. The highest BCUT2D eigenvalue weighted by Gasteiger charge is 2.23. The average molecular weight is 341 g/mol. The first kappa shape index (κ1) is 17.8. The van der Waals surface area contributed by atoms with Crippen LogP contribution in [0.2, 0.25) is 0 Å². The van der Waals surface area contributed by atoms with E-state index in [0.717, 1.165) is 0 Å². The molecule has 0 heterocycles. The normalized spacial score (nSPS) is 12.3. The highest BCUT2D eigenvalue weighted by Crippen LogP contribution is 2.24. The van der Waals surface area contributed by atoms with Crippen molar-refractivity contribution in [1.82, 2.24) is 0 Å². The van der Waals surface area contributed by atoms with E-state index in [0.29, 0.717) is 12.5 Å². The molecule has 4 nitrogen and oxygen atoms in total. The number of halogens is 3. The van der Waals surface area contributed by atoms with Crippen LogP contribution in [0.4, 0.5) is 8.78 Å². The molecule has 8 heteroatoms. The molecule has 0 N–H and O–H groups in total. The lowest BCUT2D eigenvalue weighted by Gasteiger charge is -2.17. The third-order valence-corrected chi connectivity index (χ3v) is 3.93. The van der Waals surface area contributed by atoms with Crippen molar-refractivity contribution in [2.24, 2.45) is 5.41 Å². The van der Waals surface area contributed by atoms with Gasteiger partial charge in [0.05, 0.1) is 12.2 Å². The van der Waals surface area contributed by atoms with Crippen LogP contribution in [0.1, 0.15) is 37.6 Å². The summed E-state index contributed by atoms with van der Waals surface area (Å²) in [6, 6.07) is 0.821. The van der Waals surface area contributed by atoms with E-state index in [9.17, 15) is 22.0 Å². The van der Waals surface area contributed by atoms with Gasteiger partial charge in [0.1, 0.15) is 16.5 Å². The molecule has 0 aliphatic heterocycles. The van der Waals surface area contributed by atoms with Crippen LogP contribution in [0, 0.1) is 17.0 Å². The van der Waals surface area contributed by atoms with Crippen molar-refractivity contribution < 1.29 is 26.7 Å². The Kier molecular flexibility index (Phi) is 5.33. The molecule has 0 atom stereocenters. The minimum atomic E-state index is -4.43. The van der Waals surface area contributed by atoms with Gasteiger partial charge in [-0.05, 0) is 17.9 Å². The maximum Gasteiger partial charge on any atom is 0.341 e. The van der Waals surface area contributed by atoms with Crippen LogP contribution in [-0.2, 0) is 13.8 Å². The van der Waals surface area contributed by atoms with Gasteiger partial charge < -0.3 is 4.74 Å². The monoisotopic (exact) mass is 340 g/mol. The van der Waals surface area contributed by atoms with Gasteiger partial charge in [-0.25, -0.2) is 22.0 Å². The lowest BCUT2D eigenvalue weighted by atomic mass is 9.93. The Morgan fingerprint density at radius 2 is 1.81 bits per heavy atom. The van der Waals surface area contributed by atoms with E-state index in [1.165, 1.54) is 0 Å². The van der Waals surface area contributed by atoms with E-state index in [1.807, 2.05) is 20.8 Å². The quantitative estimate of drug-likeness (QED) is 0.622. The Hall–Kier alpha value is -1.21. The fourth-order valence-electron chi connectivity index (χ4n) is 1.40. The Bertz CT molecular complexity index is 651. The van der Waals surface area contributed by atoms with E-state index in [1.54, 1.807) is 0 Å². The molecule has 0 aliphatic rings. The summed E-state index contributed by atoms with van der Waals surface area (Å²) in [7, 11) is 0.587. The summed E-state index contributed by atoms with van der Waals surface area (Å²) in [4.78, 5) is 10.8. The highest BCUT2D eigenvalue weighted by atomic mass is 35.7. The van der Waals surface area contributed by atoms with Gasteiger partial charge in [0, 0.05) is 16.7 Å². The molecule has 118 valence electrons. The molecule has 1 aromatic carbocycles. The minimum absolute atomic E-state index is 0.0299. The number of carbonyl (C=O) groups excluding carboxylic acids is 1. The zero-order valence-electron chi connectivity index (χ0n) is 11.7. The van der Waals surface area contributed by atoms with Gasteiger partial charge in [-0.3, -0.25) is 0 Å². The maximum atomic E-state index is 13.6. The summed E-state index contributed by atoms with van der Waals surface area (Å²) in [5.41, 5.74) is -0.767. The lowest BCUT2D eigenvalue weighted by molar-refractivity contribution is 0.0459. The van der Waals surface area contributed by atoms with E-state index in [2.05, 4.69) is 0 Å². The van der Waals surface area contributed by atoms with Crippen molar-refractivity contribution in [3.05, 3.63) is 29.3 Å². The number of carbonyl (C=O) groups is 1. The van der Waals surface area contributed by atoms with Gasteiger partial charge in [-0.2, -0.15) is 0 Å². The summed E-state index contributed by atoms with van der Waals surface area (Å²) >= 11 is 0. The molecule has 0 amide bonds. The summed E-state index contributed by atoms with van der Waals surface area (Å²) in [6.45, 7) is 5.81. The molecule has 0 radical (unpaired) electrons. The predicted octanol–water partition coefficient (Wildman–Crippen LogP) is 3.49. The van der Waals surface area contributed by atoms with E-state index >= 15 is 0 Å². The number of esters is 1. The van der Waals surface area contributed by atoms with Crippen LogP contribution < -0.4 is 0 Å². The second kappa shape index (κ2) is 6.27. The number of hydrogen-bond acceptors (Lipinski definition) is 4. The first-order chi connectivity index (χ1) is 9.42. The second-order valence-electron chi connectivity index (χ2n) is 5.65. The third kappa shape index (κ3) is 5.24. The molecule has 0 saturated heterocycles. The molecule has 1 aromatic rings. The lowest BCUT2D eigenvalue weighted by Crippen LogP contribution is -2.15. The van der Waals surface area contributed by atoms with Crippen molar-refractivity contribution in [1.29, 1.82) is 0 Å². The van der Waals surface area contributed by atoms with Crippen LogP contribution in [0.3, 0.4) is 0 Å². The SMILES string of the molecule is CC(C)(C)CCOC(=O)c1cc(S(=O)(=O)Cl)c(F)cc1F. The van der Waals surface area contributed by atoms with Gasteiger partial charge in [-0.1, -0.05) is 20.8 Å². The van der Waals surface area contributed by atoms with Gasteiger partial charge >= 0.3 is 5.97 Å². The average Bonchev–Trinajstić information content (AvgIpc) is 2.24. The third-order valence-electron chi connectivity index (χ3n) is 2.59. The predicted molar refractivity (Wildman–Crippen MR) is 73.8 cm³/mol. The summed E-state index contributed by atoms with van der Waals surface area (Å²) < 4.78 is 54.0. The van der Waals surface area contributed by atoms with E-state index in [4.69, 9.17) is 15.4 Å². The largest absolute Gasteiger partial charge is 0.462 e. The van der Waals surface area contributed by atoms with Crippen LogP contribution in [0.25, 0.3) is 0 Å². The number of benzene rings is 1. The number of rotatable bonds is 4. The Labute approximate surface area is 126 Å². The first-order valence-corrected chi connectivity index (χ1v) is 8.33. The Morgan fingerprint density at radius 1 is 1.24 bits per heavy atom. The molecule has 21 heavy (non-hydrogen) atoms. The zero-order valence-corrected chi connectivity index (χ0v) is 13.3. The zero-order chi connectivity index (χ0) is 16.4. The van der Waals surface area contributed by atoms with Gasteiger partial charge in [0.25, 0.3) is 9.05 Å². The van der Waals surface area contributed by atoms with E-state index in [-0.39, 0.29) is 18.1 Å². The fraction of sp³-hybridized carbons (Fsp3) is 0.462. The first-order valence-electron chi connectivity index (χ1n) is 6.02. The van der Waals surface area contributed by atoms with Crippen molar-refractivity contribution in [2.45, 2.75) is 32.1 Å². The van der Waals surface area contributed by atoms with Crippen LogP contribution in [-0.4, -0.2) is 21.0 Å². The minimum Gasteiger partial charge on any atom is -0.462 e. The van der Waals surface area contributed by atoms with E-state index < -0.39 is 37.1 Å². The van der Waals surface area contributed by atoms with Gasteiger partial charge in [0.2, 0.25) is 0 Å². The van der Waals surface area contributed by atoms with Crippen molar-refractivity contribution in [3.63, 3.8) is 0 Å². The summed E-state index contributed by atoms with van der Waals surface area (Å²) in [5, 5.41) is 0. The molecule has 0 bridgehead atoms. The Morgan fingerprint density at radius 3 is 2.29 bits per heavy atom. The molecular formula is C13H15ClF2O4S. The second-order valence-corrected chi connectivity index (χ2v) is 8.18. The van der Waals surface area contributed by atoms with Crippen LogP contribution >= 0.6 is 10.7 Å². The van der Waals surface area contributed by atoms with Gasteiger partial charge in [-0.15, -0.1) is 0 Å². The molecule has 1 rings (SSSR count). The van der Waals surface area contributed by atoms with Crippen molar-refractivity contribution in [3.8, 4) is 0 Å². The van der Waals surface area contributed by atoms with Crippen molar-refractivity contribution >= 4 is 25.7 Å². The van der Waals surface area contributed by atoms with Crippen LogP contribution in [0.15, 0.2) is 17.0 Å². The topological polar surface area (TPSA) is 60.4 Å². The molecule has 0 saturated carbocycles. The molecule has 0 aliphatic carbocycles. The van der Waals surface area contributed by atoms with Crippen molar-refractivity contribution in [2.75, 3.05) is 6.61 Å². The molecule has 0 unspecified atom stereocenters. The van der Waals surface area contributed by atoms with Gasteiger partial charge in [0.15, 0.2) is 0 Å². The fourth-order valence-corrected chi connectivity index (χ4v) is 2.31. The smallest absolute Gasteiger partial charge is 0.341 e. The number of ether oxygens (including phenoxy) is 1.